The minimum absolute atomic E-state index is 0.265. The molecule has 1 atom stereocenters. The number of hydrogen-bond acceptors (Lipinski definition) is 4. The fraction of sp³-hybridized carbons (Fsp3) is 0.353. The van der Waals surface area contributed by atoms with Gasteiger partial charge in [0, 0.05) is 25.2 Å². The minimum Gasteiger partial charge on any atom is -0.365 e. The zero-order valence-electron chi connectivity index (χ0n) is 12.5. The van der Waals surface area contributed by atoms with Gasteiger partial charge in [-0.2, -0.15) is 0 Å². The van der Waals surface area contributed by atoms with E-state index in [9.17, 15) is 4.79 Å². The van der Waals surface area contributed by atoms with Crippen LogP contribution in [-0.2, 0) is 6.42 Å². The van der Waals surface area contributed by atoms with Gasteiger partial charge in [0.15, 0.2) is 0 Å². The molecule has 1 unspecified atom stereocenters. The van der Waals surface area contributed by atoms with Crippen LogP contribution < -0.4 is 5.73 Å². The van der Waals surface area contributed by atoms with Crippen LogP contribution in [-0.4, -0.2) is 40.4 Å². The predicted molar refractivity (Wildman–Crippen MR) is 84.5 cm³/mol. The lowest BCUT2D eigenvalue weighted by molar-refractivity contribution is 0.0998. The van der Waals surface area contributed by atoms with E-state index in [2.05, 4.69) is 39.1 Å². The molecule has 0 saturated carbocycles. The number of carbonyl (C=O) groups is 1. The smallest absolute Gasteiger partial charge is 0.252 e. The summed E-state index contributed by atoms with van der Waals surface area (Å²) in [7, 11) is 0. The van der Waals surface area contributed by atoms with Crippen LogP contribution in [0.4, 0.5) is 0 Å². The van der Waals surface area contributed by atoms with E-state index in [1.807, 2.05) is 6.07 Å². The van der Waals surface area contributed by atoms with Crippen LogP contribution in [0.5, 0.6) is 0 Å². The number of carbonyl (C=O) groups excluding carboxylic acids is 1. The Hall–Kier alpha value is -2.27. The Morgan fingerprint density at radius 2 is 2.14 bits per heavy atom. The van der Waals surface area contributed by atoms with Crippen LogP contribution in [0.25, 0.3) is 0 Å². The summed E-state index contributed by atoms with van der Waals surface area (Å²) in [5, 5.41) is 0. The summed E-state index contributed by atoms with van der Waals surface area (Å²) >= 11 is 0. The lowest BCUT2D eigenvalue weighted by atomic mass is 10.00. The second-order valence-corrected chi connectivity index (χ2v) is 5.71. The highest BCUT2D eigenvalue weighted by atomic mass is 16.1. The number of amides is 1. The Bertz CT molecular complexity index is 644. The van der Waals surface area contributed by atoms with Crippen molar-refractivity contribution in [3.8, 4) is 0 Å². The molecule has 1 saturated heterocycles. The Kier molecular flexibility index (Phi) is 4.44. The largest absolute Gasteiger partial charge is 0.365 e. The topological polar surface area (TPSA) is 72.1 Å². The molecule has 5 nitrogen and oxygen atoms in total. The molecule has 3 rings (SSSR count). The molecule has 0 radical (unpaired) electrons. The molecule has 2 aromatic rings. The summed E-state index contributed by atoms with van der Waals surface area (Å²) in [4.78, 5) is 22.1. The SMILES string of the molecule is NC(=O)c1cncnc1C1CCN(CCc2ccccc2)C1. The summed E-state index contributed by atoms with van der Waals surface area (Å²) in [6, 6.07) is 10.5. The maximum absolute atomic E-state index is 11.5. The number of benzene rings is 1. The summed E-state index contributed by atoms with van der Waals surface area (Å²) in [6.45, 7) is 2.97. The lowest BCUT2D eigenvalue weighted by Crippen LogP contribution is -2.24. The molecule has 1 aliphatic rings. The summed E-state index contributed by atoms with van der Waals surface area (Å²) in [5.41, 5.74) is 8.02. The van der Waals surface area contributed by atoms with Crippen molar-refractivity contribution in [2.75, 3.05) is 19.6 Å². The second-order valence-electron chi connectivity index (χ2n) is 5.71. The normalized spacial score (nSPS) is 18.5. The van der Waals surface area contributed by atoms with Crippen molar-refractivity contribution in [2.45, 2.75) is 18.8 Å². The van der Waals surface area contributed by atoms with Crippen LogP contribution in [0.1, 0.15) is 34.0 Å². The van der Waals surface area contributed by atoms with Crippen LogP contribution in [0.2, 0.25) is 0 Å². The van der Waals surface area contributed by atoms with Crippen LogP contribution >= 0.6 is 0 Å². The molecule has 1 aliphatic heterocycles. The zero-order chi connectivity index (χ0) is 15.4. The molecule has 2 N–H and O–H groups in total. The first-order chi connectivity index (χ1) is 10.7. The second kappa shape index (κ2) is 6.66. The Labute approximate surface area is 130 Å². The summed E-state index contributed by atoms with van der Waals surface area (Å²) < 4.78 is 0. The van der Waals surface area contributed by atoms with Gasteiger partial charge in [0.2, 0.25) is 0 Å². The molecule has 0 bridgehead atoms. The first-order valence-electron chi connectivity index (χ1n) is 7.60. The number of likely N-dealkylation sites (tertiary alicyclic amines) is 1. The van der Waals surface area contributed by atoms with Gasteiger partial charge in [0.1, 0.15) is 6.33 Å². The van der Waals surface area contributed by atoms with Gasteiger partial charge in [-0.15, -0.1) is 0 Å². The third-order valence-electron chi connectivity index (χ3n) is 4.23. The predicted octanol–water partition coefficient (Wildman–Crippen LogP) is 1.61. The molecule has 0 spiro atoms. The fourth-order valence-corrected chi connectivity index (χ4v) is 3.05. The van der Waals surface area contributed by atoms with Gasteiger partial charge in [-0.05, 0) is 24.9 Å². The van der Waals surface area contributed by atoms with Crippen molar-refractivity contribution in [3.05, 3.63) is 59.7 Å². The molecule has 2 heterocycles. The van der Waals surface area contributed by atoms with Gasteiger partial charge in [0.25, 0.3) is 5.91 Å². The van der Waals surface area contributed by atoms with E-state index in [0.717, 1.165) is 38.2 Å². The molecular weight excluding hydrogens is 276 g/mol. The molecule has 1 aromatic carbocycles. The van der Waals surface area contributed by atoms with Crippen LogP contribution in [0, 0.1) is 0 Å². The maximum Gasteiger partial charge on any atom is 0.252 e. The number of hydrogen-bond donors (Lipinski definition) is 1. The number of aromatic nitrogens is 2. The van der Waals surface area contributed by atoms with Crippen molar-refractivity contribution in [3.63, 3.8) is 0 Å². The molecular formula is C17H20N4O. The van der Waals surface area contributed by atoms with Gasteiger partial charge >= 0.3 is 0 Å². The van der Waals surface area contributed by atoms with Crippen LogP contribution in [0.15, 0.2) is 42.9 Å². The maximum atomic E-state index is 11.5. The van der Waals surface area contributed by atoms with E-state index >= 15 is 0 Å². The minimum atomic E-state index is -0.446. The first kappa shape index (κ1) is 14.7. The van der Waals surface area contributed by atoms with Gasteiger partial charge < -0.3 is 10.6 Å². The van der Waals surface area contributed by atoms with E-state index in [4.69, 9.17) is 5.73 Å². The van der Waals surface area contributed by atoms with Crippen LogP contribution in [0.3, 0.4) is 0 Å². The van der Waals surface area contributed by atoms with Crippen molar-refractivity contribution in [1.82, 2.24) is 14.9 Å². The molecule has 22 heavy (non-hydrogen) atoms. The van der Waals surface area contributed by atoms with E-state index in [1.54, 1.807) is 0 Å². The quantitative estimate of drug-likeness (QED) is 0.910. The van der Waals surface area contributed by atoms with Crippen molar-refractivity contribution < 1.29 is 4.79 Å². The highest BCUT2D eigenvalue weighted by molar-refractivity contribution is 5.93. The van der Waals surface area contributed by atoms with Gasteiger partial charge in [-0.1, -0.05) is 30.3 Å². The first-order valence-corrected chi connectivity index (χ1v) is 7.60. The fourth-order valence-electron chi connectivity index (χ4n) is 3.05. The standard InChI is InChI=1S/C17H20N4O/c18-17(22)15-10-19-12-20-16(15)14-7-9-21(11-14)8-6-13-4-2-1-3-5-13/h1-5,10,12,14H,6-9,11H2,(H2,18,22). The van der Waals surface area contributed by atoms with Gasteiger partial charge in [-0.3, -0.25) is 4.79 Å². The number of nitrogens with two attached hydrogens (primary N) is 1. The Balaban J connectivity index is 1.62. The summed E-state index contributed by atoms with van der Waals surface area (Å²) in [6.07, 6.45) is 5.07. The van der Waals surface area contributed by atoms with E-state index in [0.29, 0.717) is 5.56 Å². The average Bonchev–Trinajstić information content (AvgIpc) is 3.03. The highest BCUT2D eigenvalue weighted by Gasteiger charge is 2.27. The molecule has 1 aromatic heterocycles. The van der Waals surface area contributed by atoms with Gasteiger partial charge in [0.05, 0.1) is 11.3 Å². The number of nitrogens with zero attached hydrogens (tertiary/aromatic N) is 3. The van der Waals surface area contributed by atoms with E-state index < -0.39 is 5.91 Å². The molecule has 0 aliphatic carbocycles. The molecule has 1 amide bonds. The number of primary amides is 1. The highest BCUT2D eigenvalue weighted by Crippen LogP contribution is 2.27. The van der Waals surface area contributed by atoms with Gasteiger partial charge in [-0.25, -0.2) is 9.97 Å². The molecule has 114 valence electrons. The van der Waals surface area contributed by atoms with Crippen molar-refractivity contribution in [1.29, 1.82) is 0 Å². The third kappa shape index (κ3) is 3.31. The number of rotatable bonds is 5. The Morgan fingerprint density at radius 1 is 1.32 bits per heavy atom. The lowest BCUT2D eigenvalue weighted by Gasteiger charge is -2.16. The van der Waals surface area contributed by atoms with E-state index in [1.165, 1.54) is 18.1 Å². The Morgan fingerprint density at radius 3 is 2.91 bits per heavy atom. The monoisotopic (exact) mass is 296 g/mol. The zero-order valence-corrected chi connectivity index (χ0v) is 12.5. The summed E-state index contributed by atoms with van der Waals surface area (Å²) in [5.74, 6) is -0.181. The molecule has 5 heteroatoms. The molecule has 1 fully saturated rings. The average molecular weight is 296 g/mol. The van der Waals surface area contributed by atoms with Crippen molar-refractivity contribution >= 4 is 5.91 Å². The van der Waals surface area contributed by atoms with E-state index in [-0.39, 0.29) is 5.92 Å². The third-order valence-corrected chi connectivity index (χ3v) is 4.23. The van der Waals surface area contributed by atoms with Crippen molar-refractivity contribution in [2.24, 2.45) is 5.73 Å².